The van der Waals surface area contributed by atoms with Gasteiger partial charge in [0.05, 0.1) is 5.69 Å². The number of halogens is 1. The maximum absolute atomic E-state index is 12.4. The Balaban J connectivity index is 1.77. The van der Waals surface area contributed by atoms with E-state index in [-0.39, 0.29) is 18.3 Å². The first-order valence-corrected chi connectivity index (χ1v) is 10.2. The summed E-state index contributed by atoms with van der Waals surface area (Å²) in [5.41, 5.74) is 0.949. The molecule has 0 spiro atoms. The minimum Gasteiger partial charge on any atom is -0.466 e. The zero-order chi connectivity index (χ0) is 18.7. The van der Waals surface area contributed by atoms with Gasteiger partial charge >= 0.3 is 6.03 Å². The average molecular weight is 440 g/mol. The van der Waals surface area contributed by atoms with E-state index in [1.807, 2.05) is 32.2 Å². The number of pyridine rings is 1. The van der Waals surface area contributed by atoms with Gasteiger partial charge in [0, 0.05) is 35.1 Å². The monoisotopic (exact) mass is 439 g/mol. The quantitative estimate of drug-likeness (QED) is 0.726. The minimum absolute atomic E-state index is 0.0849. The second-order valence-electron chi connectivity index (χ2n) is 6.43. The number of thiazole rings is 1. The number of rotatable bonds is 5. The molecule has 1 aliphatic heterocycles. The van der Waals surface area contributed by atoms with E-state index in [4.69, 9.17) is 4.74 Å². The summed E-state index contributed by atoms with van der Waals surface area (Å²) in [7, 11) is 0. The SMILES string of the molecule is Cc1csc(Nc2ncc(Br)cc2OC2CCCN2C(=O)NC(C)C)n1. The van der Waals surface area contributed by atoms with Crippen LogP contribution in [0.15, 0.2) is 22.1 Å². The number of carbonyl (C=O) groups excluding carboxylic acids is 1. The number of nitrogens with zero attached hydrogens (tertiary/aromatic N) is 3. The molecule has 0 saturated carbocycles. The Labute approximate surface area is 165 Å². The summed E-state index contributed by atoms with van der Waals surface area (Å²) in [6.45, 7) is 6.51. The molecule has 1 fully saturated rings. The third-order valence-electron chi connectivity index (χ3n) is 3.80. The van der Waals surface area contributed by atoms with E-state index in [9.17, 15) is 4.79 Å². The number of likely N-dealkylation sites (tertiary alicyclic amines) is 1. The van der Waals surface area contributed by atoms with Gasteiger partial charge in [0.15, 0.2) is 22.9 Å². The fourth-order valence-corrected chi connectivity index (χ4v) is 3.68. The molecule has 26 heavy (non-hydrogen) atoms. The van der Waals surface area contributed by atoms with Crippen LogP contribution in [-0.4, -0.2) is 39.7 Å². The molecule has 0 bridgehead atoms. The van der Waals surface area contributed by atoms with Gasteiger partial charge in [-0.3, -0.25) is 4.90 Å². The van der Waals surface area contributed by atoms with Crippen LogP contribution < -0.4 is 15.4 Å². The van der Waals surface area contributed by atoms with Crippen LogP contribution in [0.2, 0.25) is 0 Å². The minimum atomic E-state index is -0.316. The Morgan fingerprint density at radius 1 is 1.50 bits per heavy atom. The van der Waals surface area contributed by atoms with Crippen molar-refractivity contribution >= 4 is 44.2 Å². The summed E-state index contributed by atoms with van der Waals surface area (Å²) in [6, 6.07) is 1.84. The van der Waals surface area contributed by atoms with E-state index < -0.39 is 0 Å². The summed E-state index contributed by atoms with van der Waals surface area (Å²) in [6.07, 6.45) is 3.08. The van der Waals surface area contributed by atoms with Crippen LogP contribution in [0.5, 0.6) is 5.75 Å². The standard InChI is InChI=1S/C17H22BrN5O2S/c1-10(2)20-17(24)23-6-4-5-14(23)25-13-7-12(18)8-19-15(13)22-16-21-11(3)9-26-16/h7-10,14H,4-6H2,1-3H3,(H,20,24)(H,19,21,22). The van der Waals surface area contributed by atoms with Crippen LogP contribution in [0.4, 0.5) is 15.7 Å². The number of aryl methyl sites for hydroxylation is 1. The number of hydrogen-bond acceptors (Lipinski definition) is 6. The zero-order valence-corrected chi connectivity index (χ0v) is 17.4. The highest BCUT2D eigenvalue weighted by atomic mass is 79.9. The molecule has 2 aromatic heterocycles. The molecule has 7 nitrogen and oxygen atoms in total. The molecule has 1 unspecified atom stereocenters. The van der Waals surface area contributed by atoms with Gasteiger partial charge in [-0.05, 0) is 49.2 Å². The van der Waals surface area contributed by atoms with Gasteiger partial charge in [0.1, 0.15) is 0 Å². The van der Waals surface area contributed by atoms with Crippen molar-refractivity contribution < 1.29 is 9.53 Å². The smallest absolute Gasteiger partial charge is 0.320 e. The highest BCUT2D eigenvalue weighted by molar-refractivity contribution is 9.10. The molecular formula is C17H22BrN5O2S. The molecule has 1 saturated heterocycles. The molecule has 140 valence electrons. The second-order valence-corrected chi connectivity index (χ2v) is 8.21. The number of urea groups is 1. The number of nitrogens with one attached hydrogen (secondary N) is 2. The predicted molar refractivity (Wildman–Crippen MR) is 106 cm³/mol. The van der Waals surface area contributed by atoms with Gasteiger partial charge in [0.25, 0.3) is 0 Å². The average Bonchev–Trinajstić information content (AvgIpc) is 3.18. The van der Waals surface area contributed by atoms with Crippen molar-refractivity contribution in [1.29, 1.82) is 0 Å². The molecule has 0 radical (unpaired) electrons. The van der Waals surface area contributed by atoms with E-state index in [2.05, 4.69) is 36.5 Å². The Morgan fingerprint density at radius 3 is 3.00 bits per heavy atom. The Kier molecular flexibility index (Phi) is 5.98. The van der Waals surface area contributed by atoms with Gasteiger partial charge in [-0.15, -0.1) is 11.3 Å². The lowest BCUT2D eigenvalue weighted by Crippen LogP contribution is -2.47. The van der Waals surface area contributed by atoms with Crippen LogP contribution in [0.25, 0.3) is 0 Å². The molecular weight excluding hydrogens is 418 g/mol. The van der Waals surface area contributed by atoms with Crippen LogP contribution in [0.3, 0.4) is 0 Å². The third kappa shape index (κ3) is 4.64. The topological polar surface area (TPSA) is 79.4 Å². The Hall–Kier alpha value is -1.87. The van der Waals surface area contributed by atoms with Gasteiger partial charge in [-0.1, -0.05) is 0 Å². The zero-order valence-electron chi connectivity index (χ0n) is 15.0. The number of ether oxygens (including phenoxy) is 1. The molecule has 2 amide bonds. The van der Waals surface area contributed by atoms with Crippen molar-refractivity contribution in [3.05, 3.63) is 27.8 Å². The number of anilines is 2. The largest absolute Gasteiger partial charge is 0.466 e. The highest BCUT2D eigenvalue weighted by Crippen LogP contribution is 2.32. The molecule has 3 rings (SSSR count). The maximum Gasteiger partial charge on any atom is 0.320 e. The Bertz CT molecular complexity index is 782. The number of hydrogen-bond donors (Lipinski definition) is 2. The van der Waals surface area contributed by atoms with Crippen LogP contribution in [0.1, 0.15) is 32.4 Å². The second kappa shape index (κ2) is 8.22. The van der Waals surface area contributed by atoms with Gasteiger partial charge in [0.2, 0.25) is 0 Å². The third-order valence-corrected chi connectivity index (χ3v) is 5.11. The van der Waals surface area contributed by atoms with Crippen molar-refractivity contribution in [2.75, 3.05) is 11.9 Å². The van der Waals surface area contributed by atoms with E-state index in [0.717, 1.165) is 28.1 Å². The Morgan fingerprint density at radius 2 is 2.31 bits per heavy atom. The number of carbonyl (C=O) groups is 1. The first-order valence-electron chi connectivity index (χ1n) is 8.51. The highest BCUT2D eigenvalue weighted by Gasteiger charge is 2.31. The lowest BCUT2D eigenvalue weighted by molar-refractivity contribution is 0.0815. The summed E-state index contributed by atoms with van der Waals surface area (Å²) in [4.78, 5) is 22.9. The molecule has 1 atom stereocenters. The van der Waals surface area contributed by atoms with Crippen molar-refractivity contribution in [1.82, 2.24) is 20.2 Å². The summed E-state index contributed by atoms with van der Waals surface area (Å²) in [5, 5.41) is 8.85. The summed E-state index contributed by atoms with van der Waals surface area (Å²) < 4.78 is 6.98. The van der Waals surface area contributed by atoms with Crippen LogP contribution in [0, 0.1) is 6.92 Å². The summed E-state index contributed by atoms with van der Waals surface area (Å²) >= 11 is 4.94. The molecule has 0 aromatic carbocycles. The normalized spacial score (nSPS) is 16.8. The van der Waals surface area contributed by atoms with E-state index >= 15 is 0 Å². The fourth-order valence-electron chi connectivity index (χ4n) is 2.68. The van der Waals surface area contributed by atoms with E-state index in [0.29, 0.717) is 18.1 Å². The van der Waals surface area contributed by atoms with E-state index in [1.54, 1.807) is 11.1 Å². The fraction of sp³-hybridized carbons (Fsp3) is 0.471. The van der Waals surface area contributed by atoms with Crippen molar-refractivity contribution in [3.63, 3.8) is 0 Å². The lowest BCUT2D eigenvalue weighted by atomic mass is 10.3. The maximum atomic E-state index is 12.4. The van der Waals surface area contributed by atoms with Gasteiger partial charge < -0.3 is 15.4 Å². The molecule has 2 N–H and O–H groups in total. The van der Waals surface area contributed by atoms with E-state index in [1.165, 1.54) is 11.3 Å². The van der Waals surface area contributed by atoms with Crippen molar-refractivity contribution in [2.45, 2.75) is 45.9 Å². The molecule has 0 aliphatic carbocycles. The van der Waals surface area contributed by atoms with Gasteiger partial charge in [-0.2, -0.15) is 0 Å². The molecule has 9 heteroatoms. The van der Waals surface area contributed by atoms with Crippen molar-refractivity contribution in [3.8, 4) is 5.75 Å². The lowest BCUT2D eigenvalue weighted by Gasteiger charge is -2.27. The number of aromatic nitrogens is 2. The van der Waals surface area contributed by atoms with Gasteiger partial charge in [-0.25, -0.2) is 14.8 Å². The molecule has 3 heterocycles. The number of amides is 2. The van der Waals surface area contributed by atoms with Crippen molar-refractivity contribution in [2.24, 2.45) is 0 Å². The summed E-state index contributed by atoms with van der Waals surface area (Å²) in [5.74, 6) is 1.17. The molecule has 1 aliphatic rings. The van der Waals surface area contributed by atoms with Crippen LogP contribution >= 0.6 is 27.3 Å². The molecule has 2 aromatic rings. The first kappa shape index (κ1) is 18.9. The predicted octanol–water partition coefficient (Wildman–Crippen LogP) is 4.27. The first-order chi connectivity index (χ1) is 12.4. The van der Waals surface area contributed by atoms with Crippen LogP contribution in [-0.2, 0) is 0 Å².